The summed E-state index contributed by atoms with van der Waals surface area (Å²) in [5, 5.41) is 8.69. The van der Waals surface area contributed by atoms with Crippen molar-refractivity contribution in [2.75, 3.05) is 13.7 Å². The van der Waals surface area contributed by atoms with Crippen molar-refractivity contribution < 1.29 is 9.53 Å². The highest BCUT2D eigenvalue weighted by molar-refractivity contribution is 9.10. The molecule has 2 rings (SSSR count). The van der Waals surface area contributed by atoms with E-state index in [4.69, 9.17) is 10.00 Å². The van der Waals surface area contributed by atoms with E-state index in [-0.39, 0.29) is 11.9 Å². The van der Waals surface area contributed by atoms with Crippen molar-refractivity contribution in [2.45, 2.75) is 25.3 Å². The van der Waals surface area contributed by atoms with Crippen LogP contribution in [0.3, 0.4) is 0 Å². The molecule has 0 heterocycles. The Hall–Kier alpha value is -1.54. The molecule has 1 aromatic rings. The van der Waals surface area contributed by atoms with Crippen LogP contribution in [0.15, 0.2) is 22.7 Å². The fourth-order valence-electron chi connectivity index (χ4n) is 2.01. The van der Waals surface area contributed by atoms with Gasteiger partial charge in [-0.3, -0.25) is 4.79 Å². The maximum Gasteiger partial charge on any atom is 0.257 e. The van der Waals surface area contributed by atoms with Gasteiger partial charge in [0.1, 0.15) is 5.75 Å². The summed E-state index contributed by atoms with van der Waals surface area (Å²) in [7, 11) is 1.55. The first-order valence-electron chi connectivity index (χ1n) is 6.19. The van der Waals surface area contributed by atoms with E-state index >= 15 is 0 Å². The average molecular weight is 323 g/mol. The van der Waals surface area contributed by atoms with Crippen LogP contribution in [0, 0.1) is 11.3 Å². The van der Waals surface area contributed by atoms with E-state index in [2.05, 4.69) is 22.0 Å². The van der Waals surface area contributed by atoms with E-state index in [1.165, 1.54) is 0 Å². The molecule has 1 aromatic carbocycles. The minimum absolute atomic E-state index is 0.0594. The summed E-state index contributed by atoms with van der Waals surface area (Å²) in [6.45, 7) is 0.482. The minimum atomic E-state index is -0.0594. The number of hydrogen-bond acceptors (Lipinski definition) is 3. The Kier molecular flexibility index (Phi) is 4.43. The van der Waals surface area contributed by atoms with E-state index in [9.17, 15) is 4.79 Å². The lowest BCUT2D eigenvalue weighted by molar-refractivity contribution is 0.0743. The van der Waals surface area contributed by atoms with E-state index in [1.807, 2.05) is 6.07 Å². The first-order chi connectivity index (χ1) is 9.17. The molecule has 1 aliphatic rings. The monoisotopic (exact) mass is 322 g/mol. The Labute approximate surface area is 121 Å². The van der Waals surface area contributed by atoms with E-state index in [0.717, 1.165) is 17.3 Å². The molecule has 0 saturated heterocycles. The number of carbonyl (C=O) groups excluding carboxylic acids is 1. The van der Waals surface area contributed by atoms with Crippen molar-refractivity contribution >= 4 is 21.8 Å². The molecule has 0 unspecified atom stereocenters. The van der Waals surface area contributed by atoms with Crippen LogP contribution >= 0.6 is 15.9 Å². The van der Waals surface area contributed by atoms with Gasteiger partial charge in [-0.1, -0.05) is 15.9 Å². The van der Waals surface area contributed by atoms with Crippen LogP contribution in [0.2, 0.25) is 0 Å². The highest BCUT2D eigenvalue weighted by Crippen LogP contribution is 2.31. The standard InChI is InChI=1S/C14H15BrN2O2/c1-19-13-6-3-10(15)9-12(13)14(18)17(8-2-7-16)11-4-5-11/h3,6,9,11H,2,4-5,8H2,1H3. The zero-order valence-corrected chi connectivity index (χ0v) is 12.3. The number of benzene rings is 1. The van der Waals surface area contributed by atoms with Crippen molar-refractivity contribution in [3.63, 3.8) is 0 Å². The largest absolute Gasteiger partial charge is 0.496 e. The number of nitrogens with zero attached hydrogens (tertiary/aromatic N) is 2. The molecule has 0 atom stereocenters. The van der Waals surface area contributed by atoms with Gasteiger partial charge in [-0.15, -0.1) is 0 Å². The predicted molar refractivity (Wildman–Crippen MR) is 75.0 cm³/mol. The third-order valence-corrected chi connectivity index (χ3v) is 3.60. The molecule has 1 aliphatic carbocycles. The van der Waals surface area contributed by atoms with E-state index in [0.29, 0.717) is 24.3 Å². The number of nitriles is 1. The van der Waals surface area contributed by atoms with Crippen LogP contribution in [0.5, 0.6) is 5.75 Å². The maximum absolute atomic E-state index is 12.6. The average Bonchev–Trinajstić information content (AvgIpc) is 3.23. The summed E-state index contributed by atoms with van der Waals surface area (Å²) >= 11 is 3.37. The molecule has 5 heteroatoms. The van der Waals surface area contributed by atoms with E-state index in [1.54, 1.807) is 24.1 Å². The van der Waals surface area contributed by atoms with Gasteiger partial charge in [-0.2, -0.15) is 5.26 Å². The van der Waals surface area contributed by atoms with Crippen molar-refractivity contribution in [3.05, 3.63) is 28.2 Å². The molecule has 0 radical (unpaired) electrons. The second kappa shape index (κ2) is 6.07. The topological polar surface area (TPSA) is 53.3 Å². The summed E-state index contributed by atoms with van der Waals surface area (Å²) in [6.07, 6.45) is 2.40. The maximum atomic E-state index is 12.6. The number of rotatable bonds is 5. The van der Waals surface area contributed by atoms with Gasteiger partial charge in [0, 0.05) is 17.1 Å². The van der Waals surface area contributed by atoms with Gasteiger partial charge in [0.25, 0.3) is 5.91 Å². The van der Waals surface area contributed by atoms with Gasteiger partial charge in [-0.05, 0) is 31.0 Å². The molecular formula is C14H15BrN2O2. The molecule has 0 bridgehead atoms. The summed E-state index contributed by atoms with van der Waals surface area (Å²) in [6, 6.07) is 7.75. The molecule has 0 N–H and O–H groups in total. The highest BCUT2D eigenvalue weighted by Gasteiger charge is 2.33. The Bertz CT molecular complexity index is 521. The lowest BCUT2D eigenvalue weighted by Crippen LogP contribution is -2.34. The molecule has 0 spiro atoms. The third-order valence-electron chi connectivity index (χ3n) is 3.10. The Balaban J connectivity index is 2.25. The zero-order valence-electron chi connectivity index (χ0n) is 10.7. The smallest absolute Gasteiger partial charge is 0.257 e. The number of halogens is 1. The van der Waals surface area contributed by atoms with Gasteiger partial charge in [0.15, 0.2) is 0 Å². The van der Waals surface area contributed by atoms with Crippen molar-refractivity contribution in [1.82, 2.24) is 4.90 Å². The van der Waals surface area contributed by atoms with Gasteiger partial charge < -0.3 is 9.64 Å². The van der Waals surface area contributed by atoms with Gasteiger partial charge in [0.05, 0.1) is 25.2 Å². The number of carbonyl (C=O) groups is 1. The number of ether oxygens (including phenoxy) is 1. The van der Waals surface area contributed by atoms with Crippen LogP contribution in [-0.4, -0.2) is 30.5 Å². The Morgan fingerprint density at radius 3 is 2.89 bits per heavy atom. The molecule has 1 fully saturated rings. The zero-order chi connectivity index (χ0) is 13.8. The lowest BCUT2D eigenvalue weighted by atomic mass is 10.1. The molecule has 1 amide bonds. The van der Waals surface area contributed by atoms with Crippen molar-refractivity contribution in [1.29, 1.82) is 5.26 Å². The second-order valence-electron chi connectivity index (χ2n) is 4.48. The summed E-state index contributed by atoms with van der Waals surface area (Å²) in [5.74, 6) is 0.506. The highest BCUT2D eigenvalue weighted by atomic mass is 79.9. The van der Waals surface area contributed by atoms with Gasteiger partial charge in [-0.25, -0.2) is 0 Å². The fraction of sp³-hybridized carbons (Fsp3) is 0.429. The number of amides is 1. The van der Waals surface area contributed by atoms with Crippen LogP contribution in [-0.2, 0) is 0 Å². The number of hydrogen-bond donors (Lipinski definition) is 0. The lowest BCUT2D eigenvalue weighted by Gasteiger charge is -2.22. The molecule has 0 aromatic heterocycles. The van der Waals surface area contributed by atoms with Crippen LogP contribution < -0.4 is 4.74 Å². The first-order valence-corrected chi connectivity index (χ1v) is 6.98. The van der Waals surface area contributed by atoms with Gasteiger partial charge in [0.2, 0.25) is 0 Å². The molecule has 19 heavy (non-hydrogen) atoms. The van der Waals surface area contributed by atoms with Crippen LogP contribution in [0.25, 0.3) is 0 Å². The predicted octanol–water partition coefficient (Wildman–Crippen LogP) is 2.98. The van der Waals surface area contributed by atoms with Crippen LogP contribution in [0.4, 0.5) is 0 Å². The summed E-state index contributed by atoms with van der Waals surface area (Å²) in [4.78, 5) is 14.4. The van der Waals surface area contributed by atoms with Gasteiger partial charge >= 0.3 is 0 Å². The summed E-state index contributed by atoms with van der Waals surface area (Å²) in [5.41, 5.74) is 0.543. The second-order valence-corrected chi connectivity index (χ2v) is 5.40. The molecular weight excluding hydrogens is 308 g/mol. The first kappa shape index (κ1) is 13.9. The fourth-order valence-corrected chi connectivity index (χ4v) is 2.37. The molecule has 1 saturated carbocycles. The summed E-state index contributed by atoms with van der Waals surface area (Å²) < 4.78 is 6.08. The van der Waals surface area contributed by atoms with Crippen molar-refractivity contribution in [2.24, 2.45) is 0 Å². The van der Waals surface area contributed by atoms with E-state index < -0.39 is 0 Å². The number of methoxy groups -OCH3 is 1. The van der Waals surface area contributed by atoms with Crippen molar-refractivity contribution in [3.8, 4) is 11.8 Å². The van der Waals surface area contributed by atoms with Crippen LogP contribution in [0.1, 0.15) is 29.6 Å². The minimum Gasteiger partial charge on any atom is -0.496 e. The Morgan fingerprint density at radius 2 is 2.32 bits per heavy atom. The molecule has 100 valence electrons. The normalized spacial score (nSPS) is 13.7. The quantitative estimate of drug-likeness (QED) is 0.837. The SMILES string of the molecule is COc1ccc(Br)cc1C(=O)N(CCC#N)C1CC1. The Morgan fingerprint density at radius 1 is 1.58 bits per heavy atom. The molecule has 4 nitrogen and oxygen atoms in total. The third kappa shape index (κ3) is 3.27. The molecule has 0 aliphatic heterocycles.